The molecule has 0 radical (unpaired) electrons. The number of aryl methyl sites for hydroxylation is 1. The lowest BCUT2D eigenvalue weighted by Gasteiger charge is -2.24. The molecule has 0 saturated carbocycles. The fourth-order valence-electron chi connectivity index (χ4n) is 3.67. The molecular weight excluding hydrogens is 438 g/mol. The van der Waals surface area contributed by atoms with Gasteiger partial charge in [0.2, 0.25) is 15.6 Å². The zero-order valence-electron chi connectivity index (χ0n) is 16.5. The number of hydrogen-bond donors (Lipinski definition) is 2. The molecule has 1 aromatic carbocycles. The summed E-state index contributed by atoms with van der Waals surface area (Å²) in [5.41, 5.74) is 1.65. The van der Waals surface area contributed by atoms with Crippen molar-refractivity contribution in [1.29, 1.82) is 0 Å². The van der Waals surface area contributed by atoms with E-state index in [9.17, 15) is 13.2 Å². The van der Waals surface area contributed by atoms with Crippen molar-refractivity contribution in [3.8, 4) is 0 Å². The van der Waals surface area contributed by atoms with E-state index in [2.05, 4.69) is 15.6 Å². The maximum atomic E-state index is 13.2. The summed E-state index contributed by atoms with van der Waals surface area (Å²) in [4.78, 5) is 17.8. The summed E-state index contributed by atoms with van der Waals surface area (Å²) in [6.45, 7) is 2.80. The van der Waals surface area contributed by atoms with Crippen LogP contribution in [0.4, 0.5) is 5.13 Å². The molecule has 1 aliphatic heterocycles. The van der Waals surface area contributed by atoms with Gasteiger partial charge in [0, 0.05) is 11.6 Å². The second-order valence-electron chi connectivity index (χ2n) is 7.11. The van der Waals surface area contributed by atoms with Crippen LogP contribution in [0, 0.1) is 0 Å². The van der Waals surface area contributed by atoms with Gasteiger partial charge in [0.1, 0.15) is 4.21 Å². The molecule has 1 unspecified atom stereocenters. The van der Waals surface area contributed by atoms with Gasteiger partial charge in [-0.15, -0.1) is 11.3 Å². The smallest absolute Gasteiger partial charge is 0.210 e. The van der Waals surface area contributed by atoms with Crippen molar-refractivity contribution in [3.63, 3.8) is 0 Å². The number of benzene rings is 1. The van der Waals surface area contributed by atoms with Crippen LogP contribution in [0.1, 0.15) is 40.6 Å². The molecule has 3 heterocycles. The second kappa shape index (κ2) is 8.97. The third kappa shape index (κ3) is 4.20. The van der Waals surface area contributed by atoms with Crippen LogP contribution in [0.15, 0.2) is 52.2 Å². The van der Waals surface area contributed by atoms with Crippen molar-refractivity contribution in [2.75, 3.05) is 11.9 Å². The van der Waals surface area contributed by atoms with Crippen LogP contribution >= 0.6 is 22.7 Å². The van der Waals surface area contributed by atoms with Crippen molar-refractivity contribution in [1.82, 2.24) is 10.3 Å². The summed E-state index contributed by atoms with van der Waals surface area (Å²) < 4.78 is 26.8. The number of sulfone groups is 1. The summed E-state index contributed by atoms with van der Waals surface area (Å²) in [7, 11) is -3.59. The Morgan fingerprint density at radius 3 is 2.83 bits per heavy atom. The highest BCUT2D eigenvalue weighted by Gasteiger charge is 2.37. The van der Waals surface area contributed by atoms with Crippen LogP contribution in [0.5, 0.6) is 0 Å². The molecule has 1 fully saturated rings. The quantitative estimate of drug-likeness (QED) is 0.494. The molecule has 30 heavy (non-hydrogen) atoms. The molecule has 158 valence electrons. The molecule has 3 aromatic rings. The standard InChI is InChI=1S/C21H23N3O3S3/c1-2-14-7-3-4-8-15(14)19(25)17-13-23-21(29-17)24-20(16-9-5-11-22-16)30(26,27)18-10-6-12-28-18/h3-4,6-8,10,12-13,16,20,22H,2,5,9,11H2,1H3,(H,23,24)/t16?,20-/m0/s1. The summed E-state index contributed by atoms with van der Waals surface area (Å²) in [5, 5.41) is 7.76. The molecule has 0 spiro atoms. The van der Waals surface area contributed by atoms with E-state index in [0.717, 1.165) is 31.4 Å². The summed E-state index contributed by atoms with van der Waals surface area (Å²) >= 11 is 2.41. The van der Waals surface area contributed by atoms with E-state index in [0.29, 0.717) is 19.8 Å². The average Bonchev–Trinajstić information content (AvgIpc) is 3.53. The molecule has 0 bridgehead atoms. The van der Waals surface area contributed by atoms with Crippen LogP contribution in [0.2, 0.25) is 0 Å². The number of anilines is 1. The highest BCUT2D eigenvalue weighted by atomic mass is 32.2. The largest absolute Gasteiger partial charge is 0.343 e. The number of thiazole rings is 1. The van der Waals surface area contributed by atoms with E-state index >= 15 is 0 Å². The number of carbonyl (C=O) groups excluding carboxylic acids is 1. The third-order valence-electron chi connectivity index (χ3n) is 5.21. The van der Waals surface area contributed by atoms with Crippen LogP contribution in [0.25, 0.3) is 0 Å². The summed E-state index contributed by atoms with van der Waals surface area (Å²) in [6, 6.07) is 10.7. The first-order chi connectivity index (χ1) is 14.5. The van der Waals surface area contributed by atoms with E-state index in [1.807, 2.05) is 31.2 Å². The van der Waals surface area contributed by atoms with Gasteiger partial charge in [0.05, 0.1) is 11.1 Å². The van der Waals surface area contributed by atoms with Crippen molar-refractivity contribution in [2.24, 2.45) is 0 Å². The number of nitrogens with zero attached hydrogens (tertiary/aromatic N) is 1. The van der Waals surface area contributed by atoms with E-state index in [-0.39, 0.29) is 11.8 Å². The summed E-state index contributed by atoms with van der Waals surface area (Å²) in [5.74, 6) is -0.0883. The predicted molar refractivity (Wildman–Crippen MR) is 121 cm³/mol. The maximum absolute atomic E-state index is 13.2. The minimum Gasteiger partial charge on any atom is -0.343 e. The molecule has 2 N–H and O–H groups in total. The Hall–Kier alpha value is -2.07. The SMILES string of the molecule is CCc1ccccc1C(=O)c1cnc(N[C@H](C2CCCN2)S(=O)(=O)c2cccs2)s1. The Balaban J connectivity index is 1.61. The molecule has 1 saturated heterocycles. The van der Waals surface area contributed by atoms with Crippen LogP contribution in [-0.4, -0.2) is 37.1 Å². The first-order valence-electron chi connectivity index (χ1n) is 9.86. The molecular formula is C21H23N3O3S3. The van der Waals surface area contributed by atoms with Crippen molar-refractivity contribution in [2.45, 2.75) is 41.8 Å². The van der Waals surface area contributed by atoms with Crippen LogP contribution in [-0.2, 0) is 16.3 Å². The normalized spacial score (nSPS) is 17.7. The molecule has 2 atom stereocenters. The monoisotopic (exact) mass is 461 g/mol. The topological polar surface area (TPSA) is 88.2 Å². The first kappa shape index (κ1) is 21.2. The highest BCUT2D eigenvalue weighted by molar-refractivity contribution is 7.94. The van der Waals surface area contributed by atoms with Gasteiger partial charge in [0.25, 0.3) is 0 Å². The van der Waals surface area contributed by atoms with E-state index in [1.165, 1.54) is 28.9 Å². The van der Waals surface area contributed by atoms with Gasteiger partial charge >= 0.3 is 0 Å². The van der Waals surface area contributed by atoms with E-state index in [1.54, 1.807) is 17.5 Å². The number of carbonyl (C=O) groups is 1. The number of rotatable bonds is 8. The highest BCUT2D eigenvalue weighted by Crippen LogP contribution is 2.30. The number of ketones is 1. The molecule has 6 nitrogen and oxygen atoms in total. The lowest BCUT2D eigenvalue weighted by molar-refractivity contribution is 0.104. The zero-order chi connectivity index (χ0) is 21.1. The Morgan fingerprint density at radius 1 is 1.30 bits per heavy atom. The van der Waals surface area contributed by atoms with Gasteiger partial charge in [-0.1, -0.05) is 48.6 Å². The average molecular weight is 462 g/mol. The minimum atomic E-state index is -3.59. The first-order valence-corrected chi connectivity index (χ1v) is 13.1. The summed E-state index contributed by atoms with van der Waals surface area (Å²) in [6.07, 6.45) is 3.99. The molecule has 1 aliphatic rings. The third-order valence-corrected chi connectivity index (χ3v) is 9.60. The molecule has 4 rings (SSSR count). The van der Waals surface area contributed by atoms with E-state index in [4.69, 9.17) is 0 Å². The number of nitrogens with one attached hydrogen (secondary N) is 2. The second-order valence-corrected chi connectivity index (χ2v) is 11.4. The predicted octanol–water partition coefficient (Wildman–Crippen LogP) is 3.96. The van der Waals surface area contributed by atoms with Gasteiger partial charge in [-0.25, -0.2) is 13.4 Å². The molecule has 0 amide bonds. The van der Waals surface area contributed by atoms with Crippen LogP contribution < -0.4 is 10.6 Å². The molecule has 9 heteroatoms. The Bertz CT molecular complexity index is 1120. The van der Waals surface area contributed by atoms with Gasteiger partial charge in [-0.05, 0) is 42.8 Å². The Kier molecular flexibility index (Phi) is 6.33. The van der Waals surface area contributed by atoms with Gasteiger partial charge in [0.15, 0.2) is 10.5 Å². The minimum absolute atomic E-state index is 0.0883. The Labute approximate surface area is 184 Å². The maximum Gasteiger partial charge on any atom is 0.210 e. The zero-order valence-corrected chi connectivity index (χ0v) is 18.9. The lowest BCUT2D eigenvalue weighted by atomic mass is 10.0. The number of aromatic nitrogens is 1. The fourth-order valence-corrected chi connectivity index (χ4v) is 7.46. The van der Waals surface area contributed by atoms with Gasteiger partial charge < -0.3 is 10.6 Å². The van der Waals surface area contributed by atoms with Gasteiger partial charge in [-0.3, -0.25) is 4.79 Å². The van der Waals surface area contributed by atoms with Gasteiger partial charge in [-0.2, -0.15) is 0 Å². The fraction of sp³-hybridized carbons (Fsp3) is 0.333. The van der Waals surface area contributed by atoms with E-state index < -0.39 is 15.2 Å². The van der Waals surface area contributed by atoms with Crippen LogP contribution in [0.3, 0.4) is 0 Å². The number of hydrogen-bond acceptors (Lipinski definition) is 8. The van der Waals surface area contributed by atoms with Crippen molar-refractivity contribution >= 4 is 43.4 Å². The van der Waals surface area contributed by atoms with Crippen molar-refractivity contribution < 1.29 is 13.2 Å². The lowest BCUT2D eigenvalue weighted by Crippen LogP contribution is -2.45. The Morgan fingerprint density at radius 2 is 2.13 bits per heavy atom. The number of thiophene rings is 1. The molecule has 2 aromatic heterocycles. The molecule has 0 aliphatic carbocycles. The van der Waals surface area contributed by atoms with Crippen molar-refractivity contribution in [3.05, 3.63) is 64.0 Å².